The fourth-order valence-electron chi connectivity index (χ4n) is 3.65. The molecule has 0 bridgehead atoms. The van der Waals surface area contributed by atoms with Gasteiger partial charge in [0.1, 0.15) is 9.84 Å². The number of rotatable bonds is 5. The number of carbonyl (C=O) groups is 1. The number of hydrogen-bond donors (Lipinski definition) is 0. The Morgan fingerprint density at radius 3 is 2.73 bits per heavy atom. The van der Waals surface area contributed by atoms with Crippen molar-refractivity contribution in [3.05, 3.63) is 22.4 Å². The van der Waals surface area contributed by atoms with E-state index in [4.69, 9.17) is 0 Å². The molecule has 0 N–H and O–H groups in total. The van der Waals surface area contributed by atoms with E-state index >= 15 is 0 Å². The fourth-order valence-corrected chi connectivity index (χ4v) is 5.90. The maximum atomic E-state index is 12.6. The third-order valence-electron chi connectivity index (χ3n) is 4.96. The van der Waals surface area contributed by atoms with E-state index in [1.807, 2.05) is 4.90 Å². The lowest BCUT2D eigenvalue weighted by molar-refractivity contribution is -0.132. The van der Waals surface area contributed by atoms with Crippen molar-refractivity contribution >= 4 is 27.1 Å². The molecule has 22 heavy (non-hydrogen) atoms. The summed E-state index contributed by atoms with van der Waals surface area (Å²) < 4.78 is 23.1. The Morgan fingerprint density at radius 1 is 1.45 bits per heavy atom. The van der Waals surface area contributed by atoms with Crippen LogP contribution in [0.4, 0.5) is 0 Å². The van der Waals surface area contributed by atoms with E-state index in [0.717, 1.165) is 25.8 Å². The SMILES string of the molecule is C[C@H]1C[C@@H](c2ccsc2)CN1C(=O)CC1(CS(C)(=O)=O)CC1. The molecular weight excluding hydrogens is 318 g/mol. The van der Waals surface area contributed by atoms with Crippen molar-refractivity contribution in [2.75, 3.05) is 18.6 Å². The van der Waals surface area contributed by atoms with Gasteiger partial charge in [-0.25, -0.2) is 8.42 Å². The molecule has 1 aromatic heterocycles. The Morgan fingerprint density at radius 2 is 2.18 bits per heavy atom. The van der Waals surface area contributed by atoms with Crippen LogP contribution >= 0.6 is 11.3 Å². The van der Waals surface area contributed by atoms with Crippen LogP contribution < -0.4 is 0 Å². The minimum Gasteiger partial charge on any atom is -0.339 e. The van der Waals surface area contributed by atoms with Crippen LogP contribution in [0, 0.1) is 5.41 Å². The summed E-state index contributed by atoms with van der Waals surface area (Å²) in [5.74, 6) is 0.712. The van der Waals surface area contributed by atoms with Crippen molar-refractivity contribution in [1.29, 1.82) is 0 Å². The summed E-state index contributed by atoms with van der Waals surface area (Å²) in [6.45, 7) is 2.87. The van der Waals surface area contributed by atoms with Gasteiger partial charge in [0.2, 0.25) is 5.91 Å². The fraction of sp³-hybridized carbons (Fsp3) is 0.688. The zero-order valence-electron chi connectivity index (χ0n) is 13.1. The molecule has 2 atom stereocenters. The molecule has 0 radical (unpaired) electrons. The molecule has 2 fully saturated rings. The predicted molar refractivity (Wildman–Crippen MR) is 88.8 cm³/mol. The molecule has 3 rings (SSSR count). The second-order valence-electron chi connectivity index (χ2n) is 7.13. The van der Waals surface area contributed by atoms with Gasteiger partial charge in [0.05, 0.1) is 5.75 Å². The molecule has 1 aliphatic heterocycles. The molecule has 1 saturated carbocycles. The summed E-state index contributed by atoms with van der Waals surface area (Å²) in [5.41, 5.74) is 1.05. The summed E-state index contributed by atoms with van der Waals surface area (Å²) >= 11 is 1.69. The summed E-state index contributed by atoms with van der Waals surface area (Å²) in [6, 6.07) is 2.38. The van der Waals surface area contributed by atoms with Gasteiger partial charge in [0, 0.05) is 31.2 Å². The largest absolute Gasteiger partial charge is 0.339 e. The molecule has 1 aliphatic carbocycles. The van der Waals surface area contributed by atoms with Crippen LogP contribution in [0.2, 0.25) is 0 Å². The van der Waals surface area contributed by atoms with Gasteiger partial charge in [-0.15, -0.1) is 0 Å². The first kappa shape index (κ1) is 16.0. The maximum Gasteiger partial charge on any atom is 0.223 e. The van der Waals surface area contributed by atoms with Crippen molar-refractivity contribution in [1.82, 2.24) is 4.90 Å². The average Bonchev–Trinajstić information content (AvgIpc) is 2.85. The Bertz CT molecular complexity index is 647. The maximum absolute atomic E-state index is 12.6. The van der Waals surface area contributed by atoms with Crippen LogP contribution in [-0.2, 0) is 14.6 Å². The highest BCUT2D eigenvalue weighted by Gasteiger charge is 2.48. The molecular formula is C16H23NO3S2. The first-order chi connectivity index (χ1) is 10.3. The van der Waals surface area contributed by atoms with Gasteiger partial charge in [-0.3, -0.25) is 4.79 Å². The van der Waals surface area contributed by atoms with Crippen LogP contribution in [0.5, 0.6) is 0 Å². The smallest absolute Gasteiger partial charge is 0.223 e. The number of carbonyl (C=O) groups excluding carboxylic acids is 1. The van der Waals surface area contributed by atoms with Gasteiger partial charge in [-0.2, -0.15) is 11.3 Å². The Kier molecular flexibility index (Phi) is 4.10. The molecule has 0 spiro atoms. The highest BCUT2D eigenvalue weighted by Crippen LogP contribution is 2.50. The van der Waals surface area contributed by atoms with Crippen LogP contribution in [0.25, 0.3) is 0 Å². The summed E-state index contributed by atoms with van der Waals surface area (Å²) in [4.78, 5) is 14.6. The molecule has 2 heterocycles. The second-order valence-corrected chi connectivity index (χ2v) is 10.1. The van der Waals surface area contributed by atoms with E-state index in [-0.39, 0.29) is 23.1 Å². The molecule has 4 nitrogen and oxygen atoms in total. The van der Waals surface area contributed by atoms with Crippen LogP contribution in [0.1, 0.15) is 44.1 Å². The highest BCUT2D eigenvalue weighted by atomic mass is 32.2. The minimum atomic E-state index is -3.02. The van der Waals surface area contributed by atoms with Crippen LogP contribution in [-0.4, -0.2) is 43.8 Å². The zero-order chi connectivity index (χ0) is 16.0. The third kappa shape index (κ3) is 3.54. The number of nitrogens with zero attached hydrogens (tertiary/aromatic N) is 1. The number of sulfone groups is 1. The van der Waals surface area contributed by atoms with Crippen LogP contribution in [0.3, 0.4) is 0 Å². The van der Waals surface area contributed by atoms with Gasteiger partial charge in [0.15, 0.2) is 0 Å². The van der Waals surface area contributed by atoms with E-state index in [9.17, 15) is 13.2 Å². The third-order valence-corrected chi connectivity index (χ3v) is 6.80. The molecule has 1 aromatic rings. The van der Waals surface area contributed by atoms with Crippen molar-refractivity contribution in [3.8, 4) is 0 Å². The minimum absolute atomic E-state index is 0.131. The number of hydrogen-bond acceptors (Lipinski definition) is 4. The normalized spacial score (nSPS) is 27.1. The quantitative estimate of drug-likeness (QED) is 0.827. The van der Waals surface area contributed by atoms with E-state index in [1.54, 1.807) is 11.3 Å². The lowest BCUT2D eigenvalue weighted by Gasteiger charge is -2.24. The van der Waals surface area contributed by atoms with Crippen molar-refractivity contribution < 1.29 is 13.2 Å². The monoisotopic (exact) mass is 341 g/mol. The lowest BCUT2D eigenvalue weighted by Crippen LogP contribution is -2.36. The molecule has 1 amide bonds. The molecule has 6 heteroatoms. The van der Waals surface area contributed by atoms with E-state index in [1.165, 1.54) is 11.8 Å². The number of amides is 1. The second kappa shape index (κ2) is 5.64. The number of likely N-dealkylation sites (tertiary alicyclic amines) is 1. The van der Waals surface area contributed by atoms with E-state index in [2.05, 4.69) is 23.8 Å². The van der Waals surface area contributed by atoms with Gasteiger partial charge < -0.3 is 4.90 Å². The van der Waals surface area contributed by atoms with E-state index in [0.29, 0.717) is 12.3 Å². The topological polar surface area (TPSA) is 54.5 Å². The van der Waals surface area contributed by atoms with Gasteiger partial charge in [-0.05, 0) is 54.0 Å². The Balaban J connectivity index is 1.63. The molecule has 0 aromatic carbocycles. The standard InChI is InChI=1S/C16H23NO3S2/c1-12-7-14(13-3-6-21-10-13)9-17(12)15(18)8-16(4-5-16)11-22(2,19)20/h3,6,10,12,14H,4-5,7-9,11H2,1-2H3/t12-,14+/m0/s1. The lowest BCUT2D eigenvalue weighted by atomic mass is 10.00. The van der Waals surface area contributed by atoms with Crippen LogP contribution in [0.15, 0.2) is 16.8 Å². The van der Waals surface area contributed by atoms with Crippen molar-refractivity contribution in [2.45, 2.75) is 44.6 Å². The Hall–Kier alpha value is -0.880. The summed E-state index contributed by atoms with van der Waals surface area (Å²) in [6.07, 6.45) is 4.38. The van der Waals surface area contributed by atoms with Gasteiger partial charge in [0.25, 0.3) is 0 Å². The molecule has 1 saturated heterocycles. The Labute approximate surface area is 136 Å². The number of thiophene rings is 1. The summed E-state index contributed by atoms with van der Waals surface area (Å²) in [7, 11) is -3.02. The molecule has 122 valence electrons. The van der Waals surface area contributed by atoms with Crippen molar-refractivity contribution in [2.24, 2.45) is 5.41 Å². The first-order valence-corrected chi connectivity index (χ1v) is 10.8. The molecule has 2 aliphatic rings. The summed E-state index contributed by atoms with van der Waals surface area (Å²) in [5, 5.41) is 4.24. The van der Waals surface area contributed by atoms with E-state index < -0.39 is 9.84 Å². The van der Waals surface area contributed by atoms with Crippen molar-refractivity contribution in [3.63, 3.8) is 0 Å². The first-order valence-electron chi connectivity index (χ1n) is 7.77. The molecule has 0 unspecified atom stereocenters. The zero-order valence-corrected chi connectivity index (χ0v) is 14.8. The highest BCUT2D eigenvalue weighted by molar-refractivity contribution is 7.90. The van der Waals surface area contributed by atoms with Gasteiger partial charge >= 0.3 is 0 Å². The predicted octanol–water partition coefficient (Wildman–Crippen LogP) is 2.67. The average molecular weight is 341 g/mol. The van der Waals surface area contributed by atoms with Gasteiger partial charge in [-0.1, -0.05) is 0 Å².